The van der Waals surface area contributed by atoms with Gasteiger partial charge in [0, 0.05) is 30.8 Å². The van der Waals surface area contributed by atoms with E-state index in [4.69, 9.17) is 10.5 Å². The van der Waals surface area contributed by atoms with E-state index in [2.05, 4.69) is 10.3 Å². The Kier molecular flexibility index (Phi) is 4.31. The lowest BCUT2D eigenvalue weighted by Gasteiger charge is -2.34. The number of thiazole rings is 1. The predicted molar refractivity (Wildman–Crippen MR) is 70.2 cm³/mol. The third-order valence-electron chi connectivity index (χ3n) is 3.39. The lowest BCUT2D eigenvalue weighted by molar-refractivity contribution is -0.136. The molecule has 1 amide bonds. The molecule has 1 aliphatic rings. The molecule has 2 heterocycles. The van der Waals surface area contributed by atoms with Crippen molar-refractivity contribution in [3.05, 3.63) is 16.1 Å². The van der Waals surface area contributed by atoms with Gasteiger partial charge in [0.15, 0.2) is 0 Å². The van der Waals surface area contributed by atoms with Crippen molar-refractivity contribution in [1.82, 2.24) is 10.3 Å². The molecule has 0 spiro atoms. The second kappa shape index (κ2) is 5.77. The molecule has 2 rings (SSSR count). The molecule has 0 saturated carbocycles. The summed E-state index contributed by atoms with van der Waals surface area (Å²) in [6.07, 6.45) is 1.40. The fraction of sp³-hybridized carbons (Fsp3) is 0.667. The molecule has 1 fully saturated rings. The van der Waals surface area contributed by atoms with Gasteiger partial charge in [-0.15, -0.1) is 11.3 Å². The van der Waals surface area contributed by atoms with E-state index >= 15 is 0 Å². The number of nitrogens with two attached hydrogens (primary N) is 1. The second-order valence-corrected chi connectivity index (χ2v) is 5.60. The monoisotopic (exact) mass is 269 g/mol. The van der Waals surface area contributed by atoms with Gasteiger partial charge in [0.1, 0.15) is 5.01 Å². The molecule has 6 heteroatoms. The number of rotatable bonds is 4. The van der Waals surface area contributed by atoms with Crippen molar-refractivity contribution in [3.8, 4) is 0 Å². The van der Waals surface area contributed by atoms with Gasteiger partial charge in [-0.05, 0) is 19.8 Å². The van der Waals surface area contributed by atoms with E-state index in [0.29, 0.717) is 39.1 Å². The summed E-state index contributed by atoms with van der Waals surface area (Å²) in [7, 11) is 0. The predicted octanol–water partition coefficient (Wildman–Crippen LogP) is 0.823. The zero-order valence-corrected chi connectivity index (χ0v) is 11.4. The Morgan fingerprint density at radius 2 is 2.33 bits per heavy atom. The minimum absolute atomic E-state index is 0.0288. The minimum Gasteiger partial charge on any atom is -0.381 e. The Hall–Kier alpha value is -0.980. The fourth-order valence-electron chi connectivity index (χ4n) is 2.11. The standard InChI is InChI=1S/C12H19N3O2S/c1-9-7-18-10(15-9)6-14-11(16)12(8-13)2-4-17-5-3-12/h7H,2-6,8,13H2,1H3,(H,14,16). The van der Waals surface area contributed by atoms with Crippen LogP contribution in [-0.2, 0) is 16.1 Å². The number of nitrogens with one attached hydrogen (secondary N) is 1. The third kappa shape index (κ3) is 2.88. The maximum atomic E-state index is 12.3. The van der Waals surface area contributed by atoms with E-state index < -0.39 is 5.41 Å². The Morgan fingerprint density at radius 3 is 2.89 bits per heavy atom. The van der Waals surface area contributed by atoms with Crippen molar-refractivity contribution >= 4 is 17.2 Å². The molecule has 3 N–H and O–H groups in total. The van der Waals surface area contributed by atoms with Crippen LogP contribution < -0.4 is 11.1 Å². The van der Waals surface area contributed by atoms with Crippen LogP contribution in [0.1, 0.15) is 23.5 Å². The van der Waals surface area contributed by atoms with Crippen LogP contribution in [0.5, 0.6) is 0 Å². The van der Waals surface area contributed by atoms with Crippen LogP contribution in [0.25, 0.3) is 0 Å². The van der Waals surface area contributed by atoms with Crippen LogP contribution in [0.2, 0.25) is 0 Å². The number of carbonyl (C=O) groups is 1. The molecule has 0 radical (unpaired) electrons. The fourth-order valence-corrected chi connectivity index (χ4v) is 2.82. The van der Waals surface area contributed by atoms with Crippen molar-refractivity contribution in [2.24, 2.45) is 11.1 Å². The van der Waals surface area contributed by atoms with Crippen molar-refractivity contribution in [2.75, 3.05) is 19.8 Å². The average molecular weight is 269 g/mol. The first-order chi connectivity index (χ1) is 8.66. The van der Waals surface area contributed by atoms with Crippen LogP contribution in [0.3, 0.4) is 0 Å². The molecule has 1 aromatic heterocycles. The Bertz CT molecular complexity index is 413. The zero-order chi connectivity index (χ0) is 13.0. The summed E-state index contributed by atoms with van der Waals surface area (Å²) in [4.78, 5) is 16.6. The summed E-state index contributed by atoms with van der Waals surface area (Å²) in [6, 6.07) is 0. The van der Waals surface area contributed by atoms with Crippen molar-refractivity contribution in [2.45, 2.75) is 26.3 Å². The number of nitrogens with zero attached hydrogens (tertiary/aromatic N) is 1. The number of ether oxygens (including phenoxy) is 1. The second-order valence-electron chi connectivity index (χ2n) is 4.66. The van der Waals surface area contributed by atoms with Crippen LogP contribution in [-0.4, -0.2) is 30.6 Å². The number of hydrogen-bond donors (Lipinski definition) is 2. The SMILES string of the molecule is Cc1csc(CNC(=O)C2(CN)CCOCC2)n1. The van der Waals surface area contributed by atoms with Gasteiger partial charge in [-0.2, -0.15) is 0 Å². The molecular weight excluding hydrogens is 250 g/mol. The van der Waals surface area contributed by atoms with E-state index in [-0.39, 0.29) is 5.91 Å². The number of amides is 1. The minimum atomic E-state index is -0.454. The van der Waals surface area contributed by atoms with Crippen molar-refractivity contribution in [1.29, 1.82) is 0 Å². The first-order valence-electron chi connectivity index (χ1n) is 6.13. The summed E-state index contributed by atoms with van der Waals surface area (Å²) in [5.74, 6) is 0.0288. The number of hydrogen-bond acceptors (Lipinski definition) is 5. The molecular formula is C12H19N3O2S. The van der Waals surface area contributed by atoms with Crippen LogP contribution >= 0.6 is 11.3 Å². The highest BCUT2D eigenvalue weighted by Gasteiger charge is 2.38. The van der Waals surface area contributed by atoms with Crippen molar-refractivity contribution in [3.63, 3.8) is 0 Å². The van der Waals surface area contributed by atoms with E-state index in [1.165, 1.54) is 0 Å². The topological polar surface area (TPSA) is 77.2 Å². The van der Waals surface area contributed by atoms with Crippen molar-refractivity contribution < 1.29 is 9.53 Å². The van der Waals surface area contributed by atoms with Gasteiger partial charge in [0.2, 0.25) is 5.91 Å². The molecule has 0 atom stereocenters. The maximum absolute atomic E-state index is 12.3. The van der Waals surface area contributed by atoms with E-state index in [1.807, 2.05) is 12.3 Å². The zero-order valence-electron chi connectivity index (χ0n) is 10.6. The molecule has 1 aromatic rings. The number of aryl methyl sites for hydroxylation is 1. The molecule has 0 bridgehead atoms. The molecule has 0 unspecified atom stereocenters. The molecule has 0 aromatic carbocycles. The smallest absolute Gasteiger partial charge is 0.228 e. The highest BCUT2D eigenvalue weighted by molar-refractivity contribution is 7.09. The Morgan fingerprint density at radius 1 is 1.61 bits per heavy atom. The summed E-state index contributed by atoms with van der Waals surface area (Å²) < 4.78 is 5.30. The van der Waals surface area contributed by atoms with E-state index in [0.717, 1.165) is 10.7 Å². The maximum Gasteiger partial charge on any atom is 0.228 e. The molecule has 5 nitrogen and oxygen atoms in total. The molecule has 100 valence electrons. The lowest BCUT2D eigenvalue weighted by Crippen LogP contribution is -2.48. The highest BCUT2D eigenvalue weighted by Crippen LogP contribution is 2.29. The van der Waals surface area contributed by atoms with Gasteiger partial charge in [-0.1, -0.05) is 0 Å². The Labute approximate surface area is 111 Å². The molecule has 1 saturated heterocycles. The van der Waals surface area contributed by atoms with Crippen LogP contribution in [0.15, 0.2) is 5.38 Å². The van der Waals surface area contributed by atoms with Gasteiger partial charge >= 0.3 is 0 Å². The molecule has 1 aliphatic heterocycles. The van der Waals surface area contributed by atoms with Crippen LogP contribution in [0.4, 0.5) is 0 Å². The summed E-state index contributed by atoms with van der Waals surface area (Å²) in [6.45, 7) is 4.03. The number of carbonyl (C=O) groups excluding carboxylic acids is 1. The molecule has 18 heavy (non-hydrogen) atoms. The summed E-state index contributed by atoms with van der Waals surface area (Å²) in [5.41, 5.74) is 6.32. The van der Waals surface area contributed by atoms with E-state index in [1.54, 1.807) is 11.3 Å². The van der Waals surface area contributed by atoms with Gasteiger partial charge in [-0.3, -0.25) is 4.79 Å². The Balaban J connectivity index is 1.93. The van der Waals surface area contributed by atoms with E-state index in [9.17, 15) is 4.79 Å². The number of aromatic nitrogens is 1. The summed E-state index contributed by atoms with van der Waals surface area (Å²) >= 11 is 1.56. The van der Waals surface area contributed by atoms with Gasteiger partial charge in [0.05, 0.1) is 12.0 Å². The largest absolute Gasteiger partial charge is 0.381 e. The average Bonchev–Trinajstić information content (AvgIpc) is 2.82. The van der Waals surface area contributed by atoms with Gasteiger partial charge in [0.25, 0.3) is 0 Å². The first-order valence-corrected chi connectivity index (χ1v) is 7.01. The van der Waals surface area contributed by atoms with Crippen LogP contribution in [0, 0.1) is 12.3 Å². The highest BCUT2D eigenvalue weighted by atomic mass is 32.1. The molecule has 0 aliphatic carbocycles. The lowest BCUT2D eigenvalue weighted by atomic mass is 9.79. The quantitative estimate of drug-likeness (QED) is 0.848. The normalized spacial score (nSPS) is 18.6. The third-order valence-corrected chi connectivity index (χ3v) is 4.36. The van der Waals surface area contributed by atoms with Gasteiger partial charge < -0.3 is 15.8 Å². The summed E-state index contributed by atoms with van der Waals surface area (Å²) in [5, 5.41) is 5.86. The first kappa shape index (κ1) is 13.5. The van der Waals surface area contributed by atoms with Gasteiger partial charge in [-0.25, -0.2) is 4.98 Å².